The Labute approximate surface area is 171 Å². The minimum atomic E-state index is -0.142. The van der Waals surface area contributed by atoms with Crippen LogP contribution in [0, 0.1) is 27.7 Å². The third kappa shape index (κ3) is 4.90. The van der Waals surface area contributed by atoms with Gasteiger partial charge >= 0.3 is 0 Å². The second kappa shape index (κ2) is 9.49. The lowest BCUT2D eigenvalue weighted by Crippen LogP contribution is -2.24. The fourth-order valence-electron chi connectivity index (χ4n) is 4.26. The van der Waals surface area contributed by atoms with Gasteiger partial charge in [-0.2, -0.15) is 0 Å². The molecule has 0 unspecified atom stereocenters. The van der Waals surface area contributed by atoms with Crippen LogP contribution in [-0.2, 0) is 5.41 Å². The lowest BCUT2D eigenvalue weighted by Gasteiger charge is -2.33. The van der Waals surface area contributed by atoms with Gasteiger partial charge in [-0.3, -0.25) is 0 Å². The Balaban J connectivity index is 2.41. The molecule has 2 N–H and O–H groups in total. The van der Waals surface area contributed by atoms with Gasteiger partial charge < -0.3 is 10.2 Å². The average molecular weight is 383 g/mol. The number of phenols is 2. The molecule has 0 aromatic heterocycles. The van der Waals surface area contributed by atoms with E-state index in [1.54, 1.807) is 0 Å². The summed E-state index contributed by atoms with van der Waals surface area (Å²) in [7, 11) is 0. The topological polar surface area (TPSA) is 40.5 Å². The van der Waals surface area contributed by atoms with Crippen LogP contribution in [0.25, 0.3) is 0 Å². The first-order valence-corrected chi connectivity index (χ1v) is 10.8. The van der Waals surface area contributed by atoms with Gasteiger partial charge in [0.2, 0.25) is 0 Å². The molecule has 28 heavy (non-hydrogen) atoms. The van der Waals surface area contributed by atoms with Crippen LogP contribution in [0.5, 0.6) is 11.5 Å². The molecule has 0 aliphatic heterocycles. The maximum atomic E-state index is 10.3. The molecule has 2 nitrogen and oxygen atoms in total. The minimum Gasteiger partial charge on any atom is -0.507 e. The SMILES string of the molecule is CCCCCCCCC(C)(c1cc(C)c(O)c(C)c1)c1cc(C)c(O)c(C)c1. The molecule has 0 spiro atoms. The van der Waals surface area contributed by atoms with E-state index in [1.807, 2.05) is 27.7 Å². The standard InChI is InChI=1S/C26H38O2/c1-7-8-9-10-11-12-13-26(6,22-14-18(2)24(27)19(3)15-22)23-16-20(4)25(28)21(5)17-23/h14-17,27-28H,7-13H2,1-6H3. The number of benzene rings is 2. The molecule has 2 rings (SSSR count). The fraction of sp³-hybridized carbons (Fsp3) is 0.538. The van der Waals surface area contributed by atoms with Crippen LogP contribution in [0.15, 0.2) is 24.3 Å². The number of aromatic hydroxyl groups is 2. The maximum Gasteiger partial charge on any atom is 0.121 e. The second-order valence-corrected chi connectivity index (χ2v) is 8.77. The molecule has 0 saturated heterocycles. The molecule has 0 saturated carbocycles. The first-order chi connectivity index (χ1) is 13.2. The van der Waals surface area contributed by atoms with Crippen molar-refractivity contribution in [3.63, 3.8) is 0 Å². The van der Waals surface area contributed by atoms with E-state index in [0.717, 1.165) is 28.7 Å². The molecule has 0 atom stereocenters. The average Bonchev–Trinajstić information content (AvgIpc) is 2.65. The van der Waals surface area contributed by atoms with Gasteiger partial charge in [0.15, 0.2) is 0 Å². The quantitative estimate of drug-likeness (QED) is 0.444. The van der Waals surface area contributed by atoms with Gasteiger partial charge in [0, 0.05) is 5.41 Å². The summed E-state index contributed by atoms with van der Waals surface area (Å²) < 4.78 is 0. The molecule has 154 valence electrons. The molecule has 2 aromatic rings. The summed E-state index contributed by atoms with van der Waals surface area (Å²) in [5.74, 6) is 0.785. The van der Waals surface area contributed by atoms with Crippen molar-refractivity contribution >= 4 is 0 Å². The molecule has 0 fully saturated rings. The molecular weight excluding hydrogens is 344 g/mol. The summed E-state index contributed by atoms with van der Waals surface area (Å²) in [6.45, 7) is 12.5. The normalized spacial score (nSPS) is 11.8. The molecule has 0 radical (unpaired) electrons. The van der Waals surface area contributed by atoms with E-state index in [-0.39, 0.29) is 5.41 Å². The number of hydrogen-bond acceptors (Lipinski definition) is 2. The zero-order valence-corrected chi connectivity index (χ0v) is 18.7. The number of aryl methyl sites for hydroxylation is 4. The second-order valence-electron chi connectivity index (χ2n) is 8.77. The Hall–Kier alpha value is -1.96. The summed E-state index contributed by atoms with van der Waals surface area (Å²) in [5.41, 5.74) is 6.06. The molecular formula is C26H38O2. The van der Waals surface area contributed by atoms with Crippen molar-refractivity contribution in [1.82, 2.24) is 0 Å². The van der Waals surface area contributed by atoms with E-state index in [0.29, 0.717) is 11.5 Å². The lowest BCUT2D eigenvalue weighted by molar-refractivity contribution is 0.453. The highest BCUT2D eigenvalue weighted by Crippen LogP contribution is 2.41. The zero-order chi connectivity index (χ0) is 20.9. The van der Waals surface area contributed by atoms with Gasteiger partial charge in [0.25, 0.3) is 0 Å². The van der Waals surface area contributed by atoms with Gasteiger partial charge in [0.1, 0.15) is 11.5 Å². The van der Waals surface area contributed by atoms with E-state index >= 15 is 0 Å². The van der Waals surface area contributed by atoms with Crippen molar-refractivity contribution < 1.29 is 10.2 Å². The Kier molecular flexibility index (Phi) is 7.57. The van der Waals surface area contributed by atoms with Gasteiger partial charge in [0.05, 0.1) is 0 Å². The van der Waals surface area contributed by atoms with Crippen molar-refractivity contribution in [2.45, 2.75) is 91.9 Å². The van der Waals surface area contributed by atoms with Crippen molar-refractivity contribution in [3.05, 3.63) is 57.6 Å². The maximum absolute atomic E-state index is 10.3. The summed E-state index contributed by atoms with van der Waals surface area (Å²) in [4.78, 5) is 0. The largest absolute Gasteiger partial charge is 0.507 e. The predicted octanol–water partition coefficient (Wildman–Crippen LogP) is 7.39. The Morgan fingerprint density at radius 1 is 0.643 bits per heavy atom. The summed E-state index contributed by atoms with van der Waals surface area (Å²) in [6.07, 6.45) is 8.71. The van der Waals surface area contributed by atoms with Gasteiger partial charge in [-0.05, 0) is 67.5 Å². The molecule has 0 heterocycles. The van der Waals surface area contributed by atoms with E-state index < -0.39 is 0 Å². The molecule has 0 aliphatic rings. The Bertz CT molecular complexity index is 701. The van der Waals surface area contributed by atoms with Crippen LogP contribution in [0.3, 0.4) is 0 Å². The molecule has 0 bridgehead atoms. The van der Waals surface area contributed by atoms with Crippen LogP contribution < -0.4 is 0 Å². The highest BCUT2D eigenvalue weighted by Gasteiger charge is 2.30. The Morgan fingerprint density at radius 3 is 1.39 bits per heavy atom. The van der Waals surface area contributed by atoms with Gasteiger partial charge in [-0.25, -0.2) is 0 Å². The molecule has 0 amide bonds. The zero-order valence-electron chi connectivity index (χ0n) is 18.7. The highest BCUT2D eigenvalue weighted by atomic mass is 16.3. The molecule has 2 aromatic carbocycles. The van der Waals surface area contributed by atoms with Crippen LogP contribution in [-0.4, -0.2) is 10.2 Å². The van der Waals surface area contributed by atoms with E-state index in [1.165, 1.54) is 49.7 Å². The highest BCUT2D eigenvalue weighted by molar-refractivity contribution is 5.51. The number of phenolic OH excluding ortho intramolecular Hbond substituents is 2. The van der Waals surface area contributed by atoms with Gasteiger partial charge in [-0.1, -0.05) is 76.6 Å². The van der Waals surface area contributed by atoms with Crippen LogP contribution in [0.4, 0.5) is 0 Å². The van der Waals surface area contributed by atoms with Crippen molar-refractivity contribution in [2.75, 3.05) is 0 Å². The number of rotatable bonds is 9. The molecule has 0 aliphatic carbocycles. The third-order valence-electron chi connectivity index (χ3n) is 6.29. The number of unbranched alkanes of at least 4 members (excludes halogenated alkanes) is 5. The Morgan fingerprint density at radius 2 is 1.00 bits per heavy atom. The monoisotopic (exact) mass is 382 g/mol. The first kappa shape index (κ1) is 22.3. The fourth-order valence-corrected chi connectivity index (χ4v) is 4.26. The summed E-state index contributed by atoms with van der Waals surface area (Å²) >= 11 is 0. The van der Waals surface area contributed by atoms with E-state index in [4.69, 9.17) is 0 Å². The lowest BCUT2D eigenvalue weighted by atomic mass is 9.71. The van der Waals surface area contributed by atoms with E-state index in [2.05, 4.69) is 38.1 Å². The summed E-state index contributed by atoms with van der Waals surface area (Å²) in [5, 5.41) is 20.5. The number of hydrogen-bond donors (Lipinski definition) is 2. The van der Waals surface area contributed by atoms with Crippen LogP contribution in [0.2, 0.25) is 0 Å². The van der Waals surface area contributed by atoms with Crippen molar-refractivity contribution in [2.24, 2.45) is 0 Å². The summed E-state index contributed by atoms with van der Waals surface area (Å²) in [6, 6.07) is 8.54. The third-order valence-corrected chi connectivity index (χ3v) is 6.29. The van der Waals surface area contributed by atoms with Gasteiger partial charge in [-0.15, -0.1) is 0 Å². The molecule has 2 heteroatoms. The predicted molar refractivity (Wildman–Crippen MR) is 120 cm³/mol. The smallest absolute Gasteiger partial charge is 0.121 e. The van der Waals surface area contributed by atoms with Crippen LogP contribution in [0.1, 0.15) is 92.2 Å². The van der Waals surface area contributed by atoms with Crippen molar-refractivity contribution in [1.29, 1.82) is 0 Å². The van der Waals surface area contributed by atoms with E-state index in [9.17, 15) is 10.2 Å². The van der Waals surface area contributed by atoms with Crippen molar-refractivity contribution in [3.8, 4) is 11.5 Å². The van der Waals surface area contributed by atoms with Crippen LogP contribution >= 0.6 is 0 Å². The minimum absolute atomic E-state index is 0.142. The first-order valence-electron chi connectivity index (χ1n) is 10.8.